The van der Waals surface area contributed by atoms with Crippen molar-refractivity contribution in [3.8, 4) is 0 Å². The number of anilines is 2. The van der Waals surface area contributed by atoms with E-state index in [-0.39, 0.29) is 28.5 Å². The van der Waals surface area contributed by atoms with Gasteiger partial charge in [0.05, 0.1) is 23.1 Å². The fourth-order valence-corrected chi connectivity index (χ4v) is 4.42. The molecule has 31 heavy (non-hydrogen) atoms. The third kappa shape index (κ3) is 4.43. The Morgan fingerprint density at radius 2 is 2.16 bits per heavy atom. The summed E-state index contributed by atoms with van der Waals surface area (Å²) in [4.78, 5) is 39.1. The van der Waals surface area contributed by atoms with Crippen LogP contribution >= 0.6 is 0 Å². The van der Waals surface area contributed by atoms with Crippen molar-refractivity contribution >= 4 is 23.1 Å². The lowest BCUT2D eigenvalue weighted by molar-refractivity contribution is -0.384. The summed E-state index contributed by atoms with van der Waals surface area (Å²) in [6.45, 7) is 3.39. The van der Waals surface area contributed by atoms with Crippen LogP contribution in [0.1, 0.15) is 5.56 Å². The van der Waals surface area contributed by atoms with E-state index in [0.717, 1.165) is 30.2 Å². The van der Waals surface area contributed by atoms with Crippen LogP contribution in [0.5, 0.6) is 0 Å². The Hall–Kier alpha value is -3.27. The van der Waals surface area contributed by atoms with Crippen molar-refractivity contribution in [1.29, 1.82) is 0 Å². The molecule has 2 aliphatic heterocycles. The lowest BCUT2D eigenvalue weighted by Crippen LogP contribution is -2.61. The van der Waals surface area contributed by atoms with Crippen molar-refractivity contribution in [2.24, 2.45) is 5.92 Å². The summed E-state index contributed by atoms with van der Waals surface area (Å²) in [6.07, 6.45) is 5.52. The van der Waals surface area contributed by atoms with Crippen LogP contribution in [-0.2, 0) is 11.2 Å². The van der Waals surface area contributed by atoms with Crippen molar-refractivity contribution in [2.75, 3.05) is 56.6 Å². The Morgan fingerprint density at radius 3 is 2.87 bits per heavy atom. The summed E-state index contributed by atoms with van der Waals surface area (Å²) in [6, 6.07) is 4.92. The third-order valence-electron chi connectivity index (χ3n) is 5.97. The van der Waals surface area contributed by atoms with E-state index in [9.17, 15) is 14.9 Å². The molecule has 0 radical (unpaired) electrons. The Kier molecular flexibility index (Phi) is 5.99. The zero-order valence-electron chi connectivity index (χ0n) is 17.8. The average molecular weight is 425 g/mol. The summed E-state index contributed by atoms with van der Waals surface area (Å²) in [5, 5.41) is 14.3. The maximum atomic E-state index is 13.2. The zero-order chi connectivity index (χ0) is 22.0. The minimum Gasteiger partial charge on any atom is -0.364 e. The molecule has 1 aromatic heterocycles. The number of carbonyl (C=O) groups is 1. The number of rotatable bonds is 6. The van der Waals surface area contributed by atoms with Crippen LogP contribution in [0, 0.1) is 16.0 Å². The Bertz CT molecular complexity index is 953. The van der Waals surface area contributed by atoms with Crippen LogP contribution in [0.2, 0.25) is 0 Å². The van der Waals surface area contributed by atoms with Crippen LogP contribution in [0.15, 0.2) is 36.8 Å². The first-order valence-corrected chi connectivity index (χ1v) is 10.4. The molecule has 1 fully saturated rings. The van der Waals surface area contributed by atoms with Crippen LogP contribution in [-0.4, -0.2) is 78.6 Å². The van der Waals surface area contributed by atoms with E-state index in [1.54, 1.807) is 30.7 Å². The smallest absolute Gasteiger partial charge is 0.269 e. The van der Waals surface area contributed by atoms with Gasteiger partial charge in [0.25, 0.3) is 5.69 Å². The highest BCUT2D eigenvalue weighted by molar-refractivity contribution is 5.82. The standard InChI is InChI=1S/C21H27N7O3/c1-25(2)8-7-24-21(29)17-12-15-11-16(28(30)31)3-4-18(15)27-10-9-26(14-19(17)27)20-13-22-5-6-23-20/h3-6,11,13,17,19H,7-10,12,14H2,1-2H3,(H,24,29)/t17-,19+/m1/s1. The molecule has 2 atom stereocenters. The number of fused-ring (bicyclic) bond motifs is 3. The van der Waals surface area contributed by atoms with E-state index in [1.165, 1.54) is 0 Å². The van der Waals surface area contributed by atoms with Gasteiger partial charge in [-0.3, -0.25) is 19.9 Å². The Balaban J connectivity index is 1.62. The predicted octanol–water partition coefficient (Wildman–Crippen LogP) is 0.930. The maximum Gasteiger partial charge on any atom is 0.269 e. The summed E-state index contributed by atoms with van der Waals surface area (Å²) < 4.78 is 0. The fourth-order valence-electron chi connectivity index (χ4n) is 4.42. The first-order chi connectivity index (χ1) is 14.9. The molecule has 1 amide bonds. The molecular weight excluding hydrogens is 398 g/mol. The monoisotopic (exact) mass is 425 g/mol. The maximum absolute atomic E-state index is 13.2. The molecule has 10 heteroatoms. The van der Waals surface area contributed by atoms with Crippen molar-refractivity contribution in [1.82, 2.24) is 20.2 Å². The van der Waals surface area contributed by atoms with Gasteiger partial charge >= 0.3 is 0 Å². The molecule has 4 rings (SSSR count). The van der Waals surface area contributed by atoms with E-state index in [0.29, 0.717) is 26.1 Å². The predicted molar refractivity (Wildman–Crippen MR) is 117 cm³/mol. The third-order valence-corrected chi connectivity index (χ3v) is 5.97. The number of non-ortho nitro benzene ring substituents is 1. The number of carbonyl (C=O) groups excluding carboxylic acids is 1. The number of nitro benzene ring substituents is 1. The molecule has 1 saturated heterocycles. The highest BCUT2D eigenvalue weighted by Crippen LogP contribution is 2.38. The van der Waals surface area contributed by atoms with Gasteiger partial charge in [0, 0.05) is 62.9 Å². The van der Waals surface area contributed by atoms with Gasteiger partial charge in [-0.25, -0.2) is 4.98 Å². The Labute approximate surface area is 181 Å². The summed E-state index contributed by atoms with van der Waals surface area (Å²) in [5.74, 6) is 0.467. The number of nitro groups is 1. The number of amides is 1. The lowest BCUT2D eigenvalue weighted by atomic mass is 9.83. The van der Waals surface area contributed by atoms with E-state index in [4.69, 9.17) is 0 Å². The largest absolute Gasteiger partial charge is 0.364 e. The normalized spacial score (nSPS) is 20.2. The molecule has 164 valence electrons. The number of nitrogens with one attached hydrogen (secondary N) is 1. The second kappa shape index (κ2) is 8.84. The number of hydrogen-bond donors (Lipinski definition) is 1. The summed E-state index contributed by atoms with van der Waals surface area (Å²) >= 11 is 0. The van der Waals surface area contributed by atoms with E-state index >= 15 is 0 Å². The molecule has 0 unspecified atom stereocenters. The molecule has 2 aliphatic rings. The van der Waals surface area contributed by atoms with Crippen LogP contribution in [0.25, 0.3) is 0 Å². The molecule has 3 heterocycles. The van der Waals surface area contributed by atoms with Gasteiger partial charge in [-0.05, 0) is 32.1 Å². The van der Waals surface area contributed by atoms with Gasteiger partial charge in [0.2, 0.25) is 5.91 Å². The first kappa shape index (κ1) is 21.0. The van der Waals surface area contributed by atoms with Gasteiger partial charge < -0.3 is 20.0 Å². The van der Waals surface area contributed by atoms with Crippen LogP contribution in [0.4, 0.5) is 17.2 Å². The molecular formula is C21H27N7O3. The average Bonchev–Trinajstić information content (AvgIpc) is 2.78. The molecule has 0 bridgehead atoms. The number of nitrogens with zero attached hydrogens (tertiary/aromatic N) is 6. The van der Waals surface area contributed by atoms with Gasteiger partial charge in [-0.15, -0.1) is 0 Å². The van der Waals surface area contributed by atoms with Crippen LogP contribution < -0.4 is 15.1 Å². The zero-order valence-corrected chi connectivity index (χ0v) is 17.8. The molecule has 1 aromatic carbocycles. The highest BCUT2D eigenvalue weighted by atomic mass is 16.6. The van der Waals surface area contributed by atoms with Crippen molar-refractivity contribution in [2.45, 2.75) is 12.5 Å². The quantitative estimate of drug-likeness (QED) is 0.538. The molecule has 1 N–H and O–H groups in total. The van der Waals surface area contributed by atoms with Crippen molar-refractivity contribution < 1.29 is 9.72 Å². The number of benzene rings is 1. The minimum absolute atomic E-state index is 0.0185. The summed E-state index contributed by atoms with van der Waals surface area (Å²) in [5.41, 5.74) is 1.89. The number of aromatic nitrogens is 2. The Morgan fingerprint density at radius 1 is 1.32 bits per heavy atom. The lowest BCUT2D eigenvalue weighted by Gasteiger charge is -2.49. The van der Waals surface area contributed by atoms with Gasteiger partial charge in [-0.1, -0.05) is 0 Å². The molecule has 0 spiro atoms. The van der Waals surface area contributed by atoms with Gasteiger partial charge in [0.15, 0.2) is 0 Å². The fraction of sp³-hybridized carbons (Fsp3) is 0.476. The van der Waals surface area contributed by atoms with Crippen LogP contribution in [0.3, 0.4) is 0 Å². The van der Waals surface area contributed by atoms with E-state index in [1.807, 2.05) is 25.1 Å². The topological polar surface area (TPSA) is 108 Å². The van der Waals surface area contributed by atoms with Gasteiger partial charge in [-0.2, -0.15) is 0 Å². The van der Waals surface area contributed by atoms with Gasteiger partial charge in [0.1, 0.15) is 5.82 Å². The van der Waals surface area contributed by atoms with Crippen molar-refractivity contribution in [3.05, 3.63) is 52.5 Å². The van der Waals surface area contributed by atoms with E-state index in [2.05, 4.69) is 25.1 Å². The molecule has 0 aliphatic carbocycles. The number of likely N-dealkylation sites (N-methyl/N-ethyl adjacent to an activating group) is 1. The summed E-state index contributed by atoms with van der Waals surface area (Å²) in [7, 11) is 3.92. The highest BCUT2D eigenvalue weighted by Gasteiger charge is 2.42. The second-order valence-electron chi connectivity index (χ2n) is 8.25. The minimum atomic E-state index is -0.384. The molecule has 10 nitrogen and oxygen atoms in total. The van der Waals surface area contributed by atoms with Crippen molar-refractivity contribution in [3.63, 3.8) is 0 Å². The molecule has 2 aromatic rings. The number of hydrogen-bond acceptors (Lipinski definition) is 8. The molecule has 0 saturated carbocycles. The second-order valence-corrected chi connectivity index (χ2v) is 8.25. The number of piperazine rings is 1. The van der Waals surface area contributed by atoms with E-state index < -0.39 is 0 Å². The SMILES string of the molecule is CN(C)CCNC(=O)[C@@H]1Cc2cc([N+](=O)[O-])ccc2N2CCN(c3cnccn3)C[C@@H]12. The first-order valence-electron chi connectivity index (χ1n) is 10.4.